The van der Waals surface area contributed by atoms with Gasteiger partial charge in [0.25, 0.3) is 5.91 Å². The number of aromatic amines is 1. The first-order valence-corrected chi connectivity index (χ1v) is 10.5. The summed E-state index contributed by atoms with van der Waals surface area (Å²) in [6, 6.07) is 6.34. The summed E-state index contributed by atoms with van der Waals surface area (Å²) in [4.78, 5) is 52.2. The zero-order valence-corrected chi connectivity index (χ0v) is 17.7. The monoisotopic (exact) mass is 428 g/mol. The molecule has 9 heteroatoms. The van der Waals surface area contributed by atoms with Gasteiger partial charge < -0.3 is 25.7 Å². The highest BCUT2D eigenvalue weighted by atomic mass is 16.5. The number of carbonyl (C=O) groups is 4. The number of fused-ring (bicyclic) bond motifs is 1. The zero-order chi connectivity index (χ0) is 22.4. The highest BCUT2D eigenvalue weighted by Crippen LogP contribution is 2.25. The molecule has 0 unspecified atom stereocenters. The number of methoxy groups -OCH3 is 1. The average molecular weight is 428 g/mol. The third-order valence-corrected chi connectivity index (χ3v) is 5.49. The summed E-state index contributed by atoms with van der Waals surface area (Å²) >= 11 is 0. The van der Waals surface area contributed by atoms with Gasteiger partial charge in [-0.15, -0.1) is 0 Å². The van der Waals surface area contributed by atoms with Gasteiger partial charge in [0.15, 0.2) is 5.78 Å². The highest BCUT2D eigenvalue weighted by molar-refractivity contribution is 6.01. The molecule has 2 heterocycles. The molecule has 3 amide bonds. The maximum Gasteiger partial charge on any atom is 0.268 e. The van der Waals surface area contributed by atoms with E-state index in [9.17, 15) is 19.2 Å². The second kappa shape index (κ2) is 10.1. The maximum atomic E-state index is 12.5. The van der Waals surface area contributed by atoms with Crippen molar-refractivity contribution in [1.82, 2.24) is 20.9 Å². The molecule has 9 nitrogen and oxygen atoms in total. The second-order valence-corrected chi connectivity index (χ2v) is 7.59. The predicted molar refractivity (Wildman–Crippen MR) is 115 cm³/mol. The summed E-state index contributed by atoms with van der Waals surface area (Å²) in [6.45, 7) is 2.07. The molecule has 1 fully saturated rings. The van der Waals surface area contributed by atoms with Gasteiger partial charge in [-0.2, -0.15) is 0 Å². The molecule has 0 bridgehead atoms. The van der Waals surface area contributed by atoms with Crippen molar-refractivity contribution in [2.24, 2.45) is 5.92 Å². The smallest absolute Gasteiger partial charge is 0.268 e. The quantitative estimate of drug-likeness (QED) is 0.478. The van der Waals surface area contributed by atoms with Crippen LogP contribution in [0.4, 0.5) is 0 Å². The largest absolute Gasteiger partial charge is 0.496 e. The second-order valence-electron chi connectivity index (χ2n) is 7.59. The molecule has 2 atom stereocenters. The van der Waals surface area contributed by atoms with Crippen LogP contribution in [0, 0.1) is 5.92 Å². The first-order chi connectivity index (χ1) is 14.9. The molecule has 1 aliphatic heterocycles. The molecule has 3 rings (SSSR count). The van der Waals surface area contributed by atoms with Crippen molar-refractivity contribution in [3.05, 3.63) is 30.0 Å². The van der Waals surface area contributed by atoms with Gasteiger partial charge in [-0.1, -0.05) is 13.0 Å². The minimum Gasteiger partial charge on any atom is -0.496 e. The molecule has 1 aromatic carbocycles. The van der Waals surface area contributed by atoms with Crippen molar-refractivity contribution in [3.8, 4) is 5.75 Å². The van der Waals surface area contributed by atoms with Crippen molar-refractivity contribution in [1.29, 1.82) is 0 Å². The van der Waals surface area contributed by atoms with E-state index in [1.54, 1.807) is 26.2 Å². The van der Waals surface area contributed by atoms with Gasteiger partial charge in [-0.25, -0.2) is 0 Å². The van der Waals surface area contributed by atoms with Crippen LogP contribution in [-0.4, -0.2) is 54.7 Å². The number of H-pyrrole nitrogens is 1. The molecule has 1 saturated heterocycles. The third kappa shape index (κ3) is 5.42. The Kier molecular flexibility index (Phi) is 7.28. The van der Waals surface area contributed by atoms with Gasteiger partial charge in [-0.3, -0.25) is 19.2 Å². The zero-order valence-electron chi connectivity index (χ0n) is 17.7. The average Bonchev–Trinajstić information content (AvgIpc) is 3.22. The van der Waals surface area contributed by atoms with Crippen LogP contribution in [0.5, 0.6) is 5.75 Å². The fourth-order valence-electron chi connectivity index (χ4n) is 3.79. The van der Waals surface area contributed by atoms with E-state index in [-0.39, 0.29) is 37.0 Å². The van der Waals surface area contributed by atoms with Crippen LogP contribution in [0.3, 0.4) is 0 Å². The Labute approximate surface area is 180 Å². The minimum absolute atomic E-state index is 0.0862. The Balaban J connectivity index is 1.58. The molecule has 2 aromatic rings. The van der Waals surface area contributed by atoms with Crippen LogP contribution in [0.2, 0.25) is 0 Å². The Morgan fingerprint density at radius 3 is 2.81 bits per heavy atom. The number of benzene rings is 1. The fourth-order valence-corrected chi connectivity index (χ4v) is 3.79. The van der Waals surface area contributed by atoms with Gasteiger partial charge in [0.05, 0.1) is 19.7 Å². The molecule has 4 N–H and O–H groups in total. The number of Topliss-reactive ketones (excluding diaryl/α,β-unsaturated/α-hetero) is 1. The first-order valence-electron chi connectivity index (χ1n) is 10.5. The van der Waals surface area contributed by atoms with E-state index >= 15 is 0 Å². The SMILES string of the molecule is CCC(=O)[C@H](C[C@@H]1CCCNC1=O)NC(=O)CNC(=O)c1cc2c(OC)cccc2[nH]1. The summed E-state index contributed by atoms with van der Waals surface area (Å²) in [5.74, 6) is -0.815. The Bertz CT molecular complexity index is 983. The number of ketones is 1. The predicted octanol–water partition coefficient (Wildman–Crippen LogP) is 1.29. The summed E-state index contributed by atoms with van der Waals surface area (Å²) < 4.78 is 5.29. The first kappa shape index (κ1) is 22.3. The van der Waals surface area contributed by atoms with Crippen molar-refractivity contribution in [2.75, 3.05) is 20.2 Å². The lowest BCUT2D eigenvalue weighted by Gasteiger charge is -2.26. The Morgan fingerprint density at radius 1 is 1.29 bits per heavy atom. The topological polar surface area (TPSA) is 129 Å². The van der Waals surface area contributed by atoms with Crippen molar-refractivity contribution in [2.45, 2.75) is 38.6 Å². The molecular weight excluding hydrogens is 400 g/mol. The van der Waals surface area contributed by atoms with Crippen molar-refractivity contribution < 1.29 is 23.9 Å². The standard InChI is InChI=1S/C22H28N4O5/c1-3-18(27)16(10-13-6-5-9-23-21(13)29)26-20(28)12-24-22(30)17-11-14-15(25-17)7-4-8-19(14)31-2/h4,7-8,11,13,16,25H,3,5-6,9-10,12H2,1-2H3,(H,23,29)(H,24,30)(H,26,28)/t13-,16-/m0/s1. The van der Waals surface area contributed by atoms with Gasteiger partial charge in [0, 0.05) is 29.8 Å². The van der Waals surface area contributed by atoms with E-state index in [0.29, 0.717) is 24.4 Å². The molecular formula is C22H28N4O5. The normalized spacial score (nSPS) is 17.0. The van der Waals surface area contributed by atoms with Crippen molar-refractivity contribution in [3.63, 3.8) is 0 Å². The number of piperidine rings is 1. The molecule has 0 radical (unpaired) electrons. The van der Waals surface area contributed by atoms with E-state index in [2.05, 4.69) is 20.9 Å². The number of rotatable bonds is 9. The van der Waals surface area contributed by atoms with Crippen LogP contribution in [0.15, 0.2) is 24.3 Å². The summed E-state index contributed by atoms with van der Waals surface area (Å²) in [5.41, 5.74) is 1.04. The van der Waals surface area contributed by atoms with Crippen LogP contribution in [0.1, 0.15) is 43.1 Å². The molecule has 1 aliphatic rings. The lowest BCUT2D eigenvalue weighted by atomic mass is 9.89. The van der Waals surface area contributed by atoms with E-state index in [4.69, 9.17) is 4.74 Å². The number of nitrogens with one attached hydrogen (secondary N) is 4. The highest BCUT2D eigenvalue weighted by Gasteiger charge is 2.29. The minimum atomic E-state index is -0.749. The lowest BCUT2D eigenvalue weighted by molar-refractivity contribution is -0.130. The molecule has 166 valence electrons. The molecule has 0 spiro atoms. The van der Waals surface area contributed by atoms with E-state index in [0.717, 1.165) is 17.3 Å². The third-order valence-electron chi connectivity index (χ3n) is 5.49. The number of hydrogen-bond acceptors (Lipinski definition) is 5. The Hall–Kier alpha value is -3.36. The van der Waals surface area contributed by atoms with Crippen LogP contribution in [0.25, 0.3) is 10.9 Å². The number of ether oxygens (including phenoxy) is 1. The summed E-state index contributed by atoms with van der Waals surface area (Å²) in [6.07, 6.45) is 2.06. The lowest BCUT2D eigenvalue weighted by Crippen LogP contribution is -2.48. The van der Waals surface area contributed by atoms with Crippen LogP contribution in [-0.2, 0) is 14.4 Å². The van der Waals surface area contributed by atoms with Crippen molar-refractivity contribution >= 4 is 34.4 Å². The number of hydrogen-bond donors (Lipinski definition) is 4. The Morgan fingerprint density at radius 2 is 2.10 bits per heavy atom. The number of carbonyl (C=O) groups excluding carboxylic acids is 4. The van der Waals surface area contributed by atoms with Gasteiger partial charge in [0.1, 0.15) is 11.4 Å². The van der Waals surface area contributed by atoms with E-state index < -0.39 is 17.9 Å². The molecule has 0 saturated carbocycles. The van der Waals surface area contributed by atoms with E-state index in [1.165, 1.54) is 0 Å². The fraction of sp³-hybridized carbons (Fsp3) is 0.455. The van der Waals surface area contributed by atoms with Gasteiger partial charge in [0.2, 0.25) is 11.8 Å². The van der Waals surface area contributed by atoms with Crippen LogP contribution < -0.4 is 20.7 Å². The molecule has 0 aliphatic carbocycles. The number of aromatic nitrogens is 1. The van der Waals surface area contributed by atoms with E-state index in [1.807, 2.05) is 12.1 Å². The molecule has 31 heavy (non-hydrogen) atoms. The van der Waals surface area contributed by atoms with Gasteiger partial charge >= 0.3 is 0 Å². The van der Waals surface area contributed by atoms with Crippen LogP contribution >= 0.6 is 0 Å². The summed E-state index contributed by atoms with van der Waals surface area (Å²) in [7, 11) is 1.55. The molecule has 1 aromatic heterocycles. The summed E-state index contributed by atoms with van der Waals surface area (Å²) in [5, 5.41) is 8.79. The van der Waals surface area contributed by atoms with Gasteiger partial charge in [-0.05, 0) is 37.5 Å². The number of amides is 3. The maximum absolute atomic E-state index is 12.5.